The minimum atomic E-state index is -3.93. The fourth-order valence-corrected chi connectivity index (χ4v) is 3.92. The number of benzene rings is 2. The van der Waals surface area contributed by atoms with E-state index in [1.807, 2.05) is 37.2 Å². The fourth-order valence-electron chi connectivity index (χ4n) is 2.80. The molecule has 0 spiro atoms. The van der Waals surface area contributed by atoms with Gasteiger partial charge in [-0.05, 0) is 12.1 Å². The Hall–Kier alpha value is -2.98. The molecule has 3 rings (SSSR count). The lowest BCUT2D eigenvalue weighted by molar-refractivity contribution is 0.130. The second-order valence-electron chi connectivity index (χ2n) is 6.17. The molecule has 0 saturated carbocycles. The number of nitrogens with zero attached hydrogens (tertiary/aromatic N) is 5. The van der Waals surface area contributed by atoms with Crippen molar-refractivity contribution in [3.63, 3.8) is 0 Å². The molecule has 148 valence electrons. The van der Waals surface area contributed by atoms with Crippen molar-refractivity contribution in [2.75, 3.05) is 25.6 Å². The summed E-state index contributed by atoms with van der Waals surface area (Å²) in [7, 11) is -0.111. The highest BCUT2D eigenvalue weighted by Crippen LogP contribution is 2.30. The molecule has 0 bridgehead atoms. The summed E-state index contributed by atoms with van der Waals surface area (Å²) in [5, 5.41) is 12.5. The molecule has 1 aromatic heterocycles. The Balaban J connectivity index is 1.75. The third-order valence-electron chi connectivity index (χ3n) is 4.06. The lowest BCUT2D eigenvalue weighted by Crippen LogP contribution is -2.13. The van der Waals surface area contributed by atoms with Crippen molar-refractivity contribution in [2.24, 2.45) is 5.16 Å². The van der Waals surface area contributed by atoms with Gasteiger partial charge in [-0.2, -0.15) is 8.42 Å². The van der Waals surface area contributed by atoms with Crippen LogP contribution in [-0.4, -0.2) is 50.8 Å². The standard InChI is InChI=1S/C18H21N5O4S/c1-19-26-13-14-12-23(21-20-14)10-11-27-28(24,25)18-9-5-6-15-16(18)7-4-8-17(15)22(2)3/h4-9,12H,1,10-11,13H2,2-3H3. The molecule has 0 aliphatic carbocycles. The third-order valence-corrected chi connectivity index (χ3v) is 5.43. The van der Waals surface area contributed by atoms with Gasteiger partial charge in [-0.3, -0.25) is 4.18 Å². The van der Waals surface area contributed by atoms with E-state index in [9.17, 15) is 8.42 Å². The lowest BCUT2D eigenvalue weighted by Gasteiger charge is -2.16. The highest BCUT2D eigenvalue weighted by molar-refractivity contribution is 7.87. The van der Waals surface area contributed by atoms with Crippen LogP contribution in [0.25, 0.3) is 10.8 Å². The first-order valence-corrected chi connectivity index (χ1v) is 9.88. The van der Waals surface area contributed by atoms with Gasteiger partial charge in [0.05, 0.1) is 19.3 Å². The molecule has 0 aliphatic rings. The van der Waals surface area contributed by atoms with Crippen LogP contribution in [0.4, 0.5) is 5.69 Å². The van der Waals surface area contributed by atoms with E-state index < -0.39 is 10.1 Å². The Morgan fingerprint density at radius 2 is 1.93 bits per heavy atom. The lowest BCUT2D eigenvalue weighted by atomic mass is 10.1. The zero-order chi connectivity index (χ0) is 20.1. The minimum absolute atomic E-state index is 0.0740. The summed E-state index contributed by atoms with van der Waals surface area (Å²) >= 11 is 0. The summed E-state index contributed by atoms with van der Waals surface area (Å²) < 4.78 is 32.2. The Bertz CT molecular complexity index is 1080. The fraction of sp³-hybridized carbons (Fsp3) is 0.278. The van der Waals surface area contributed by atoms with E-state index in [4.69, 9.17) is 9.02 Å². The second-order valence-corrected chi connectivity index (χ2v) is 7.76. The minimum Gasteiger partial charge on any atom is -0.390 e. The molecule has 9 nitrogen and oxygen atoms in total. The van der Waals surface area contributed by atoms with Crippen LogP contribution in [0.15, 0.2) is 52.6 Å². The number of oxime groups is 1. The topological polar surface area (TPSA) is 98.9 Å². The zero-order valence-corrected chi connectivity index (χ0v) is 16.5. The van der Waals surface area contributed by atoms with Crippen LogP contribution in [-0.2, 0) is 32.3 Å². The zero-order valence-electron chi connectivity index (χ0n) is 15.6. The van der Waals surface area contributed by atoms with E-state index in [0.717, 1.165) is 11.1 Å². The van der Waals surface area contributed by atoms with Crippen molar-refractivity contribution in [1.29, 1.82) is 0 Å². The van der Waals surface area contributed by atoms with Crippen LogP contribution in [0, 0.1) is 0 Å². The van der Waals surface area contributed by atoms with E-state index in [1.54, 1.807) is 24.4 Å². The molecule has 28 heavy (non-hydrogen) atoms. The first kappa shape index (κ1) is 19.8. The maximum absolute atomic E-state index is 12.7. The molecular formula is C18H21N5O4S. The molecule has 3 aromatic rings. The number of aromatic nitrogens is 3. The van der Waals surface area contributed by atoms with Gasteiger partial charge in [0.15, 0.2) is 6.61 Å². The highest BCUT2D eigenvalue weighted by Gasteiger charge is 2.19. The van der Waals surface area contributed by atoms with Gasteiger partial charge in [0.25, 0.3) is 10.1 Å². The number of hydrogen-bond donors (Lipinski definition) is 0. The molecule has 1 heterocycles. The smallest absolute Gasteiger partial charge is 0.297 e. The number of fused-ring (bicyclic) bond motifs is 1. The van der Waals surface area contributed by atoms with E-state index in [-0.39, 0.29) is 24.7 Å². The number of anilines is 1. The van der Waals surface area contributed by atoms with Crippen molar-refractivity contribution in [3.8, 4) is 0 Å². The molecule has 0 atom stereocenters. The molecule has 2 aromatic carbocycles. The summed E-state index contributed by atoms with van der Waals surface area (Å²) in [6, 6.07) is 10.7. The van der Waals surface area contributed by atoms with Gasteiger partial charge in [-0.15, -0.1) is 10.3 Å². The summed E-state index contributed by atoms with van der Waals surface area (Å²) in [6.45, 7) is 3.50. The highest BCUT2D eigenvalue weighted by atomic mass is 32.2. The molecule has 0 aliphatic heterocycles. The van der Waals surface area contributed by atoms with Gasteiger partial charge in [0, 0.05) is 37.3 Å². The van der Waals surface area contributed by atoms with E-state index in [1.165, 1.54) is 4.68 Å². The Labute approximate surface area is 163 Å². The molecule has 10 heteroatoms. The third kappa shape index (κ3) is 4.29. The first-order valence-electron chi connectivity index (χ1n) is 8.48. The molecular weight excluding hydrogens is 382 g/mol. The summed E-state index contributed by atoms with van der Waals surface area (Å²) in [4.78, 5) is 6.86. The Morgan fingerprint density at radius 1 is 1.18 bits per heavy atom. The number of hydrogen-bond acceptors (Lipinski definition) is 8. The van der Waals surface area contributed by atoms with Crippen molar-refractivity contribution in [3.05, 3.63) is 48.3 Å². The normalized spacial score (nSPS) is 11.5. The van der Waals surface area contributed by atoms with Crippen molar-refractivity contribution < 1.29 is 17.4 Å². The SMILES string of the molecule is C=NOCc1cn(CCOS(=O)(=O)c2cccc3c(N(C)C)cccc23)nn1. The summed E-state index contributed by atoms with van der Waals surface area (Å²) in [5.74, 6) is 0. The van der Waals surface area contributed by atoms with Crippen LogP contribution < -0.4 is 4.90 Å². The summed E-state index contributed by atoms with van der Waals surface area (Å²) in [5.41, 5.74) is 1.49. The van der Waals surface area contributed by atoms with Gasteiger partial charge in [0.1, 0.15) is 10.6 Å². The Kier molecular flexibility index (Phi) is 5.90. The van der Waals surface area contributed by atoms with Crippen LogP contribution in [0.5, 0.6) is 0 Å². The molecule has 0 radical (unpaired) electrons. The predicted octanol–water partition coefficient (Wildman–Crippen LogP) is 2.04. The largest absolute Gasteiger partial charge is 0.390 e. The monoisotopic (exact) mass is 403 g/mol. The van der Waals surface area contributed by atoms with Gasteiger partial charge < -0.3 is 9.74 Å². The van der Waals surface area contributed by atoms with Gasteiger partial charge in [0.2, 0.25) is 0 Å². The van der Waals surface area contributed by atoms with Crippen LogP contribution >= 0.6 is 0 Å². The maximum Gasteiger partial charge on any atom is 0.297 e. The van der Waals surface area contributed by atoms with Crippen molar-refractivity contribution in [2.45, 2.75) is 18.0 Å². The molecule has 0 unspecified atom stereocenters. The molecule has 0 fully saturated rings. The average molecular weight is 403 g/mol. The van der Waals surface area contributed by atoms with E-state index >= 15 is 0 Å². The quantitative estimate of drug-likeness (QED) is 0.306. The maximum atomic E-state index is 12.7. The van der Waals surface area contributed by atoms with Gasteiger partial charge in [-0.25, -0.2) is 4.68 Å². The molecule has 0 amide bonds. The van der Waals surface area contributed by atoms with Crippen molar-refractivity contribution >= 4 is 33.3 Å². The summed E-state index contributed by atoms with van der Waals surface area (Å²) in [6.07, 6.45) is 1.63. The number of rotatable bonds is 9. The van der Waals surface area contributed by atoms with Crippen LogP contribution in [0.3, 0.4) is 0 Å². The van der Waals surface area contributed by atoms with Crippen molar-refractivity contribution in [1.82, 2.24) is 15.0 Å². The van der Waals surface area contributed by atoms with Crippen LogP contribution in [0.2, 0.25) is 0 Å². The van der Waals surface area contributed by atoms with Crippen LogP contribution in [0.1, 0.15) is 5.69 Å². The van der Waals surface area contributed by atoms with E-state index in [0.29, 0.717) is 11.1 Å². The Morgan fingerprint density at radius 3 is 2.68 bits per heavy atom. The molecule has 0 saturated heterocycles. The second kappa shape index (κ2) is 8.36. The average Bonchev–Trinajstić information content (AvgIpc) is 3.12. The predicted molar refractivity (Wildman–Crippen MR) is 106 cm³/mol. The first-order chi connectivity index (χ1) is 13.4. The molecule has 0 N–H and O–H groups in total. The van der Waals surface area contributed by atoms with E-state index in [2.05, 4.69) is 22.2 Å². The van der Waals surface area contributed by atoms with Gasteiger partial charge >= 0.3 is 0 Å². The van der Waals surface area contributed by atoms with Gasteiger partial charge in [-0.1, -0.05) is 29.5 Å².